The first-order valence-corrected chi connectivity index (χ1v) is 9.58. The number of carbonyl (C=O) groups excluding carboxylic acids is 2. The normalized spacial score (nSPS) is 36.7. The van der Waals surface area contributed by atoms with Gasteiger partial charge >= 0.3 is 11.9 Å². The quantitative estimate of drug-likeness (QED) is 0.739. The van der Waals surface area contributed by atoms with Crippen molar-refractivity contribution in [3.8, 4) is 0 Å². The molecule has 0 saturated carbocycles. The van der Waals surface area contributed by atoms with E-state index in [4.69, 9.17) is 9.47 Å². The summed E-state index contributed by atoms with van der Waals surface area (Å²) >= 11 is 0. The smallest absolute Gasteiger partial charge is 0.334 e. The highest BCUT2D eigenvalue weighted by molar-refractivity contribution is 5.90. The van der Waals surface area contributed by atoms with E-state index in [9.17, 15) is 19.8 Å². The van der Waals surface area contributed by atoms with Gasteiger partial charge in [-0.25, -0.2) is 4.79 Å². The van der Waals surface area contributed by atoms with Crippen LogP contribution < -0.4 is 0 Å². The maximum absolute atomic E-state index is 12.5. The van der Waals surface area contributed by atoms with E-state index >= 15 is 0 Å². The molecule has 2 bridgehead atoms. The minimum Gasteiger partial charge on any atom is -0.462 e. The van der Waals surface area contributed by atoms with Crippen LogP contribution in [0.4, 0.5) is 0 Å². The molecule has 1 saturated heterocycles. The highest BCUT2D eigenvalue weighted by atomic mass is 16.6. The first-order valence-electron chi connectivity index (χ1n) is 9.58. The summed E-state index contributed by atoms with van der Waals surface area (Å²) in [4.78, 5) is 24.6. The molecule has 1 aliphatic heterocycles. The Balaban J connectivity index is 2.33. The number of aliphatic hydroxyl groups excluding tert-OH is 2. The lowest BCUT2D eigenvalue weighted by Crippen LogP contribution is -2.42. The first kappa shape index (κ1) is 20.9. The van der Waals surface area contributed by atoms with Crippen molar-refractivity contribution in [3.05, 3.63) is 11.6 Å². The van der Waals surface area contributed by atoms with Crippen molar-refractivity contribution >= 4 is 11.9 Å². The van der Waals surface area contributed by atoms with Crippen LogP contribution in [0, 0.1) is 23.7 Å². The van der Waals surface area contributed by atoms with E-state index in [1.807, 2.05) is 20.8 Å². The Labute approximate surface area is 155 Å². The lowest BCUT2D eigenvalue weighted by atomic mass is 9.78. The molecule has 2 aliphatic rings. The average Bonchev–Trinajstić information content (AvgIpc) is 2.90. The summed E-state index contributed by atoms with van der Waals surface area (Å²) in [5, 5.41) is 20.1. The van der Waals surface area contributed by atoms with Crippen LogP contribution in [0.3, 0.4) is 0 Å². The van der Waals surface area contributed by atoms with Crippen molar-refractivity contribution in [2.45, 2.75) is 78.3 Å². The highest BCUT2D eigenvalue weighted by Crippen LogP contribution is 2.37. The standard InChI is InChI=1S/C20H32O6/c1-10(2)18-16(25-19(23)12(4)13(5)21)8-11(3)15(22)7-6-14-9-17(18)26-20(14)24/h6,10-13,15-18,21-22H,7-9H2,1-5H3/b14-6+/t11-,12-,13-,15+,16+,17+,18+/m1/s1. The van der Waals surface area contributed by atoms with Crippen LogP contribution in [0.25, 0.3) is 0 Å². The maximum atomic E-state index is 12.5. The fraction of sp³-hybridized carbons (Fsp3) is 0.800. The zero-order chi connectivity index (χ0) is 19.6. The number of ether oxygens (including phenoxy) is 2. The van der Waals surface area contributed by atoms with Crippen LogP contribution in [0.15, 0.2) is 11.6 Å². The van der Waals surface area contributed by atoms with E-state index in [0.717, 1.165) is 0 Å². The van der Waals surface area contributed by atoms with Gasteiger partial charge in [0.1, 0.15) is 12.2 Å². The molecule has 26 heavy (non-hydrogen) atoms. The lowest BCUT2D eigenvalue weighted by molar-refractivity contribution is -0.167. The minimum absolute atomic E-state index is 0.0969. The van der Waals surface area contributed by atoms with Gasteiger partial charge in [-0.15, -0.1) is 0 Å². The fourth-order valence-corrected chi connectivity index (χ4v) is 3.79. The maximum Gasteiger partial charge on any atom is 0.334 e. The van der Waals surface area contributed by atoms with E-state index in [1.54, 1.807) is 19.9 Å². The number of aliphatic hydroxyl groups is 2. The number of hydrogen-bond donors (Lipinski definition) is 2. The van der Waals surface area contributed by atoms with Crippen molar-refractivity contribution in [2.75, 3.05) is 0 Å². The summed E-state index contributed by atoms with van der Waals surface area (Å²) in [6, 6.07) is 0. The third-order valence-electron chi connectivity index (χ3n) is 5.80. The molecule has 1 aliphatic carbocycles. The molecule has 0 amide bonds. The Kier molecular flexibility index (Phi) is 6.86. The minimum atomic E-state index is -0.804. The molecule has 2 N–H and O–H groups in total. The second kappa shape index (κ2) is 8.53. The Morgan fingerprint density at radius 2 is 1.96 bits per heavy atom. The number of carbonyl (C=O) groups is 2. The molecule has 7 atom stereocenters. The Morgan fingerprint density at radius 3 is 2.54 bits per heavy atom. The zero-order valence-corrected chi connectivity index (χ0v) is 16.3. The molecule has 1 heterocycles. The summed E-state index contributed by atoms with van der Waals surface area (Å²) in [6.45, 7) is 9.15. The van der Waals surface area contributed by atoms with Gasteiger partial charge in [0.2, 0.25) is 0 Å². The molecule has 0 aromatic heterocycles. The molecule has 0 unspecified atom stereocenters. The topological polar surface area (TPSA) is 93.1 Å². The van der Waals surface area contributed by atoms with Crippen molar-refractivity contribution in [2.24, 2.45) is 23.7 Å². The number of fused-ring (bicyclic) bond motifs is 2. The van der Waals surface area contributed by atoms with Crippen molar-refractivity contribution in [1.82, 2.24) is 0 Å². The molecule has 0 spiro atoms. The predicted octanol–water partition coefficient (Wildman–Crippen LogP) is 2.22. The van der Waals surface area contributed by atoms with Gasteiger partial charge in [-0.2, -0.15) is 0 Å². The summed E-state index contributed by atoms with van der Waals surface area (Å²) in [5.74, 6) is -1.59. The zero-order valence-electron chi connectivity index (χ0n) is 16.3. The molecule has 6 heteroatoms. The van der Waals surface area contributed by atoms with Gasteiger partial charge in [-0.05, 0) is 38.5 Å². The molecule has 2 rings (SSSR count). The van der Waals surface area contributed by atoms with Gasteiger partial charge in [-0.1, -0.05) is 26.8 Å². The van der Waals surface area contributed by atoms with Crippen LogP contribution in [-0.4, -0.2) is 46.6 Å². The highest BCUT2D eigenvalue weighted by Gasteiger charge is 2.43. The van der Waals surface area contributed by atoms with Gasteiger partial charge < -0.3 is 19.7 Å². The molecule has 0 radical (unpaired) electrons. The molecule has 1 fully saturated rings. The second-order valence-corrected chi connectivity index (χ2v) is 8.22. The molecule has 0 aromatic carbocycles. The van der Waals surface area contributed by atoms with Gasteiger partial charge in [-0.3, -0.25) is 4.79 Å². The summed E-state index contributed by atoms with van der Waals surface area (Å²) < 4.78 is 11.4. The number of rotatable bonds is 4. The molecule has 0 aromatic rings. The predicted molar refractivity (Wildman–Crippen MR) is 96.0 cm³/mol. The fourth-order valence-electron chi connectivity index (χ4n) is 3.79. The van der Waals surface area contributed by atoms with E-state index < -0.39 is 30.2 Å². The number of hydrogen-bond acceptors (Lipinski definition) is 6. The van der Waals surface area contributed by atoms with Crippen molar-refractivity contribution in [1.29, 1.82) is 0 Å². The SMILES string of the molecule is CC(C)[C@@H]1[C@@H]2C/C(=C\C[C@H](O)[C@H](C)C[C@@H]1OC(=O)[C@H](C)[C@@H](C)O)C(=O)O2. The molecule has 6 nitrogen and oxygen atoms in total. The van der Waals surface area contributed by atoms with Gasteiger partial charge in [0.05, 0.1) is 18.1 Å². The van der Waals surface area contributed by atoms with E-state index in [2.05, 4.69) is 0 Å². The Hall–Kier alpha value is -1.40. The molecular formula is C20H32O6. The van der Waals surface area contributed by atoms with Crippen LogP contribution in [0.2, 0.25) is 0 Å². The van der Waals surface area contributed by atoms with Crippen molar-refractivity contribution < 1.29 is 29.3 Å². The van der Waals surface area contributed by atoms with Crippen LogP contribution in [0.5, 0.6) is 0 Å². The van der Waals surface area contributed by atoms with E-state index in [0.29, 0.717) is 24.8 Å². The Bertz CT molecular complexity index is 553. The Morgan fingerprint density at radius 1 is 1.31 bits per heavy atom. The molecule has 148 valence electrons. The van der Waals surface area contributed by atoms with Gasteiger partial charge in [0.15, 0.2) is 0 Å². The van der Waals surface area contributed by atoms with Crippen LogP contribution in [0.1, 0.15) is 53.9 Å². The van der Waals surface area contributed by atoms with E-state index in [-0.39, 0.29) is 29.8 Å². The van der Waals surface area contributed by atoms with Gasteiger partial charge in [0, 0.05) is 17.9 Å². The average molecular weight is 368 g/mol. The largest absolute Gasteiger partial charge is 0.462 e. The van der Waals surface area contributed by atoms with Crippen molar-refractivity contribution in [3.63, 3.8) is 0 Å². The lowest BCUT2D eigenvalue weighted by Gasteiger charge is -2.36. The van der Waals surface area contributed by atoms with E-state index in [1.165, 1.54) is 0 Å². The summed E-state index contributed by atoms with van der Waals surface area (Å²) in [7, 11) is 0. The number of esters is 2. The van der Waals surface area contributed by atoms with Crippen LogP contribution >= 0.6 is 0 Å². The van der Waals surface area contributed by atoms with Gasteiger partial charge in [0.25, 0.3) is 0 Å². The monoisotopic (exact) mass is 368 g/mol. The third-order valence-corrected chi connectivity index (χ3v) is 5.80. The first-order chi connectivity index (χ1) is 12.1. The summed E-state index contributed by atoms with van der Waals surface area (Å²) in [6.07, 6.45) is 0.886. The summed E-state index contributed by atoms with van der Waals surface area (Å²) in [5.41, 5.74) is 0.594. The van der Waals surface area contributed by atoms with Crippen LogP contribution in [-0.2, 0) is 19.1 Å². The third kappa shape index (κ3) is 4.65. The second-order valence-electron chi connectivity index (χ2n) is 8.22. The molecular weight excluding hydrogens is 336 g/mol.